The molecule has 1 aliphatic heterocycles. The summed E-state index contributed by atoms with van der Waals surface area (Å²) in [6.07, 6.45) is 3.25. The number of pyridine rings is 1. The molecule has 4 heteroatoms. The van der Waals surface area contributed by atoms with Crippen molar-refractivity contribution in [1.29, 1.82) is 0 Å². The van der Waals surface area contributed by atoms with Crippen LogP contribution in [-0.2, 0) is 13.1 Å². The molecule has 1 aliphatic rings. The van der Waals surface area contributed by atoms with Gasteiger partial charge >= 0.3 is 0 Å². The molecule has 2 aromatic carbocycles. The lowest BCUT2D eigenvalue weighted by Gasteiger charge is -2.24. The molecule has 0 N–H and O–H groups in total. The molecule has 25 heavy (non-hydrogen) atoms. The highest BCUT2D eigenvalue weighted by atomic mass is 19.1. The number of halogens is 1. The van der Waals surface area contributed by atoms with Gasteiger partial charge in [-0.1, -0.05) is 36.4 Å². The van der Waals surface area contributed by atoms with E-state index in [-0.39, 0.29) is 11.9 Å². The van der Waals surface area contributed by atoms with Crippen molar-refractivity contribution in [2.45, 2.75) is 19.2 Å². The lowest BCUT2D eigenvalue weighted by Crippen LogP contribution is -2.28. The van der Waals surface area contributed by atoms with Crippen LogP contribution in [0.2, 0.25) is 0 Å². The van der Waals surface area contributed by atoms with Gasteiger partial charge in [0.05, 0.1) is 0 Å². The fourth-order valence-corrected chi connectivity index (χ4v) is 3.24. The molecule has 3 aromatic rings. The maximum absolute atomic E-state index is 14.3. The molecule has 2 heterocycles. The average Bonchev–Trinajstić information content (AvgIpc) is 2.82. The minimum absolute atomic E-state index is 0.226. The number of benzene rings is 2. The molecule has 4 rings (SSSR count). The molecule has 0 radical (unpaired) electrons. The van der Waals surface area contributed by atoms with Gasteiger partial charge in [-0.05, 0) is 29.8 Å². The number of rotatable bonds is 3. The summed E-state index contributed by atoms with van der Waals surface area (Å²) in [5, 5.41) is 0. The van der Waals surface area contributed by atoms with Crippen molar-refractivity contribution in [2.24, 2.45) is 0 Å². The topological polar surface area (TPSA) is 25.4 Å². The summed E-state index contributed by atoms with van der Waals surface area (Å²) in [4.78, 5) is 6.36. The van der Waals surface area contributed by atoms with Crippen LogP contribution in [0.3, 0.4) is 0 Å². The number of ether oxygens (including phenoxy) is 1. The molecular weight excluding hydrogens is 315 g/mol. The van der Waals surface area contributed by atoms with Gasteiger partial charge < -0.3 is 4.74 Å². The molecule has 0 fully saturated rings. The predicted molar refractivity (Wildman–Crippen MR) is 94.6 cm³/mol. The molecular formula is C21H19FN2O. The first-order valence-corrected chi connectivity index (χ1v) is 8.40. The zero-order valence-corrected chi connectivity index (χ0v) is 13.8. The highest BCUT2D eigenvalue weighted by molar-refractivity contribution is 5.35. The van der Waals surface area contributed by atoms with Crippen molar-refractivity contribution < 1.29 is 9.13 Å². The van der Waals surface area contributed by atoms with E-state index in [4.69, 9.17) is 4.74 Å². The van der Waals surface area contributed by atoms with Crippen LogP contribution in [-0.4, -0.2) is 16.4 Å². The normalized spacial score (nSPS) is 17.4. The second kappa shape index (κ2) is 7.03. The zero-order chi connectivity index (χ0) is 17.1. The monoisotopic (exact) mass is 334 g/mol. The van der Waals surface area contributed by atoms with Crippen LogP contribution in [0.5, 0.6) is 5.75 Å². The molecule has 1 aromatic heterocycles. The molecule has 1 atom stereocenters. The zero-order valence-electron chi connectivity index (χ0n) is 13.8. The van der Waals surface area contributed by atoms with E-state index in [2.05, 4.69) is 16.0 Å². The lowest BCUT2D eigenvalue weighted by atomic mass is 10.1. The van der Waals surface area contributed by atoms with Crippen molar-refractivity contribution in [2.75, 3.05) is 6.54 Å². The van der Waals surface area contributed by atoms with Gasteiger partial charge in [-0.25, -0.2) is 4.39 Å². The van der Waals surface area contributed by atoms with Crippen molar-refractivity contribution >= 4 is 0 Å². The van der Waals surface area contributed by atoms with E-state index in [0.29, 0.717) is 12.1 Å². The van der Waals surface area contributed by atoms with Crippen LogP contribution < -0.4 is 4.74 Å². The fraction of sp³-hybridized carbons (Fsp3) is 0.190. The summed E-state index contributed by atoms with van der Waals surface area (Å²) >= 11 is 0. The summed E-state index contributed by atoms with van der Waals surface area (Å²) < 4.78 is 20.5. The summed E-state index contributed by atoms with van der Waals surface area (Å²) in [5.74, 6) is 0.601. The Bertz CT molecular complexity index is 853. The van der Waals surface area contributed by atoms with Crippen molar-refractivity contribution in [3.63, 3.8) is 0 Å². The van der Waals surface area contributed by atoms with Gasteiger partial charge in [-0.3, -0.25) is 9.88 Å². The maximum atomic E-state index is 14.3. The number of hydrogen-bond acceptors (Lipinski definition) is 3. The van der Waals surface area contributed by atoms with Crippen LogP contribution >= 0.6 is 0 Å². The Morgan fingerprint density at radius 3 is 2.60 bits per heavy atom. The Labute approximate surface area is 146 Å². The minimum atomic E-state index is -0.341. The van der Waals surface area contributed by atoms with Gasteiger partial charge in [0.2, 0.25) is 0 Å². The van der Waals surface area contributed by atoms with E-state index in [1.54, 1.807) is 24.5 Å². The second-order valence-electron chi connectivity index (χ2n) is 6.26. The Morgan fingerprint density at radius 2 is 1.76 bits per heavy atom. The van der Waals surface area contributed by atoms with Gasteiger partial charge in [0.15, 0.2) is 0 Å². The van der Waals surface area contributed by atoms with Gasteiger partial charge in [0.25, 0.3) is 0 Å². The van der Waals surface area contributed by atoms with Crippen LogP contribution in [0, 0.1) is 5.82 Å². The molecule has 0 bridgehead atoms. The van der Waals surface area contributed by atoms with Crippen LogP contribution in [0.25, 0.3) is 0 Å². The first-order valence-electron chi connectivity index (χ1n) is 8.40. The summed E-state index contributed by atoms with van der Waals surface area (Å²) in [6, 6.07) is 18.9. The quantitative estimate of drug-likeness (QED) is 0.712. The van der Waals surface area contributed by atoms with E-state index in [1.807, 2.05) is 36.4 Å². The van der Waals surface area contributed by atoms with E-state index in [9.17, 15) is 4.39 Å². The van der Waals surface area contributed by atoms with Crippen LogP contribution in [0.4, 0.5) is 4.39 Å². The maximum Gasteiger partial charge on any atom is 0.139 e. The lowest BCUT2D eigenvalue weighted by molar-refractivity contribution is 0.140. The first-order chi connectivity index (χ1) is 12.3. The van der Waals surface area contributed by atoms with E-state index in [1.165, 1.54) is 11.6 Å². The van der Waals surface area contributed by atoms with Crippen molar-refractivity contribution in [1.82, 2.24) is 9.88 Å². The standard InChI is InChI=1S/C21H19FN2O/c22-19-7-3-2-6-18(19)21-15-24(13-16-9-11-23-12-10-16)14-17-5-1-4-8-20(17)25-21/h1-12,21H,13-15H2/t21-/m1/s1. The Balaban J connectivity index is 1.67. The Kier molecular flexibility index (Phi) is 4.44. The summed E-state index contributed by atoms with van der Waals surface area (Å²) in [5.41, 5.74) is 2.90. The molecule has 0 unspecified atom stereocenters. The SMILES string of the molecule is Fc1ccccc1[C@H]1CN(Cc2ccncc2)Cc2ccccc2O1. The average molecular weight is 334 g/mol. The fourth-order valence-electron chi connectivity index (χ4n) is 3.24. The number of aromatic nitrogens is 1. The molecule has 126 valence electrons. The van der Waals surface area contributed by atoms with E-state index in [0.717, 1.165) is 24.4 Å². The number of para-hydroxylation sites is 1. The predicted octanol–water partition coefficient (Wildman–Crippen LogP) is 4.36. The van der Waals surface area contributed by atoms with Gasteiger partial charge in [-0.15, -0.1) is 0 Å². The molecule has 0 amide bonds. The molecule has 0 spiro atoms. The molecule has 0 saturated carbocycles. The molecule has 0 saturated heterocycles. The third-order valence-corrected chi connectivity index (χ3v) is 4.47. The van der Waals surface area contributed by atoms with Crippen molar-refractivity contribution in [3.05, 3.63) is 95.6 Å². The molecule has 0 aliphatic carbocycles. The summed E-state index contributed by atoms with van der Waals surface area (Å²) in [6.45, 7) is 2.16. The Morgan fingerprint density at radius 1 is 1.00 bits per heavy atom. The number of hydrogen-bond donors (Lipinski definition) is 0. The van der Waals surface area contributed by atoms with E-state index < -0.39 is 0 Å². The second-order valence-corrected chi connectivity index (χ2v) is 6.26. The Hall–Kier alpha value is -2.72. The highest BCUT2D eigenvalue weighted by Crippen LogP contribution is 2.32. The van der Waals surface area contributed by atoms with Crippen LogP contribution in [0.1, 0.15) is 22.8 Å². The third kappa shape index (κ3) is 3.54. The van der Waals surface area contributed by atoms with E-state index >= 15 is 0 Å². The summed E-state index contributed by atoms with van der Waals surface area (Å²) in [7, 11) is 0. The highest BCUT2D eigenvalue weighted by Gasteiger charge is 2.26. The van der Waals surface area contributed by atoms with Gasteiger partial charge in [-0.2, -0.15) is 0 Å². The number of fused-ring (bicyclic) bond motifs is 1. The first kappa shape index (κ1) is 15.8. The van der Waals surface area contributed by atoms with Crippen LogP contribution in [0.15, 0.2) is 73.1 Å². The third-order valence-electron chi connectivity index (χ3n) is 4.47. The van der Waals surface area contributed by atoms with Gasteiger partial charge in [0.1, 0.15) is 17.7 Å². The smallest absolute Gasteiger partial charge is 0.139 e. The number of nitrogens with zero attached hydrogens (tertiary/aromatic N) is 2. The minimum Gasteiger partial charge on any atom is -0.484 e. The van der Waals surface area contributed by atoms with Crippen molar-refractivity contribution in [3.8, 4) is 5.75 Å². The molecule has 3 nitrogen and oxygen atoms in total. The van der Waals surface area contributed by atoms with Gasteiger partial charge in [0, 0.05) is 43.2 Å². The largest absolute Gasteiger partial charge is 0.484 e.